The van der Waals surface area contributed by atoms with Gasteiger partial charge in [-0.1, -0.05) is 63.6 Å². The Morgan fingerprint density at radius 1 is 0.444 bits per heavy atom. The Kier molecular flexibility index (Phi) is 6.86. The van der Waals surface area contributed by atoms with Crippen molar-refractivity contribution in [3.63, 3.8) is 0 Å². The molecule has 0 amide bonds. The normalized spacial score (nSPS) is 47.6. The molecule has 4 aliphatic rings. The van der Waals surface area contributed by atoms with E-state index in [0.717, 1.165) is 63.2 Å². The maximum Gasteiger partial charge on any atom is 0.134 e. The van der Waals surface area contributed by atoms with Gasteiger partial charge in [-0.15, -0.1) is 0 Å². The summed E-state index contributed by atoms with van der Waals surface area (Å²) in [7, 11) is 6.01. The maximum absolute atomic E-state index is 15.2. The molecule has 0 aromatic rings. The fraction of sp³-hybridized carbons (Fsp3) is 1.00. The van der Waals surface area contributed by atoms with Crippen molar-refractivity contribution in [2.75, 3.05) is 0 Å². The molecule has 0 aromatic carbocycles. The highest BCUT2D eigenvalue weighted by Crippen LogP contribution is 2.49. The number of rotatable bonds is 3. The Labute approximate surface area is 167 Å². The van der Waals surface area contributed by atoms with Crippen LogP contribution in [0, 0.1) is 35.5 Å². The first-order chi connectivity index (χ1) is 13.1. The molecule has 2 radical (unpaired) electrons. The van der Waals surface area contributed by atoms with Crippen molar-refractivity contribution >= 4 is 7.85 Å². The van der Waals surface area contributed by atoms with Crippen LogP contribution in [0.1, 0.15) is 96.3 Å². The van der Waals surface area contributed by atoms with Gasteiger partial charge in [0, 0.05) is 0 Å². The zero-order chi connectivity index (χ0) is 18.8. The lowest BCUT2D eigenvalue weighted by molar-refractivity contribution is -0.0364. The first kappa shape index (κ1) is 20.2. The Morgan fingerprint density at radius 2 is 0.852 bits per heavy atom. The summed E-state index contributed by atoms with van der Waals surface area (Å²) in [5.74, 6) is 2.87. The molecule has 0 nitrogen and oxygen atoms in total. The van der Waals surface area contributed by atoms with Crippen molar-refractivity contribution in [3.05, 3.63) is 0 Å². The van der Waals surface area contributed by atoms with Crippen LogP contribution in [-0.2, 0) is 0 Å². The molecule has 3 heteroatoms. The lowest BCUT2D eigenvalue weighted by Crippen LogP contribution is -2.45. The minimum Gasteiger partial charge on any atom is -0.244 e. The first-order valence-electron chi connectivity index (χ1n) is 12.2. The van der Waals surface area contributed by atoms with Crippen molar-refractivity contribution in [3.8, 4) is 0 Å². The average molecular weight is 376 g/mol. The van der Waals surface area contributed by atoms with E-state index in [1.54, 1.807) is 0 Å². The largest absolute Gasteiger partial charge is 0.244 e. The standard InChI is InChI=1S/C24H39BF2/c25-20-12-10-19(11-13-20)22-15-14-21(23(26)24(22)27)18-8-6-17(7-9-18)16-4-2-1-3-5-16/h16-24H,1-15H2. The fourth-order valence-corrected chi connectivity index (χ4v) is 7.39. The second kappa shape index (κ2) is 9.16. The third-order valence-electron chi connectivity index (χ3n) is 9.12. The zero-order valence-electron chi connectivity index (χ0n) is 17.1. The van der Waals surface area contributed by atoms with Crippen LogP contribution >= 0.6 is 0 Å². The van der Waals surface area contributed by atoms with E-state index >= 15 is 8.78 Å². The third kappa shape index (κ3) is 4.58. The predicted molar refractivity (Wildman–Crippen MR) is 109 cm³/mol. The topological polar surface area (TPSA) is 0 Å². The monoisotopic (exact) mass is 376 g/mol. The summed E-state index contributed by atoms with van der Waals surface area (Å²) >= 11 is 0. The van der Waals surface area contributed by atoms with Gasteiger partial charge in [0.1, 0.15) is 12.3 Å². The smallest absolute Gasteiger partial charge is 0.134 e. The third-order valence-corrected chi connectivity index (χ3v) is 9.12. The van der Waals surface area contributed by atoms with Crippen LogP contribution in [0.15, 0.2) is 0 Å². The summed E-state index contributed by atoms with van der Waals surface area (Å²) in [6.45, 7) is 0. The molecule has 4 fully saturated rings. The number of hydrogen-bond acceptors (Lipinski definition) is 0. The molecule has 27 heavy (non-hydrogen) atoms. The van der Waals surface area contributed by atoms with Gasteiger partial charge in [-0.25, -0.2) is 8.78 Å². The van der Waals surface area contributed by atoms with Gasteiger partial charge in [-0.3, -0.25) is 0 Å². The van der Waals surface area contributed by atoms with Crippen LogP contribution < -0.4 is 0 Å². The van der Waals surface area contributed by atoms with Gasteiger partial charge in [0.2, 0.25) is 0 Å². The summed E-state index contributed by atoms with van der Waals surface area (Å²) in [4.78, 5) is 0. The molecule has 4 rings (SSSR count). The summed E-state index contributed by atoms with van der Waals surface area (Å²) in [6, 6.07) is 0. The highest BCUT2D eigenvalue weighted by molar-refractivity contribution is 6.11. The van der Waals surface area contributed by atoms with E-state index in [1.165, 1.54) is 44.9 Å². The maximum atomic E-state index is 15.2. The molecule has 4 saturated carbocycles. The van der Waals surface area contributed by atoms with Crippen LogP contribution in [0.25, 0.3) is 0 Å². The van der Waals surface area contributed by atoms with Gasteiger partial charge in [-0.05, 0) is 74.0 Å². The second-order valence-corrected chi connectivity index (χ2v) is 10.5. The van der Waals surface area contributed by atoms with Crippen molar-refractivity contribution in [2.24, 2.45) is 35.5 Å². The lowest BCUT2D eigenvalue weighted by atomic mass is 9.61. The van der Waals surface area contributed by atoms with E-state index in [1.807, 2.05) is 0 Å². The summed E-state index contributed by atoms with van der Waals surface area (Å²) in [5, 5.41) is 0. The zero-order valence-corrected chi connectivity index (χ0v) is 17.1. The van der Waals surface area contributed by atoms with Gasteiger partial charge in [0.05, 0.1) is 7.85 Å². The quantitative estimate of drug-likeness (QED) is 0.456. The first-order valence-corrected chi connectivity index (χ1v) is 12.2. The predicted octanol–water partition coefficient (Wildman–Crippen LogP) is 7.22. The van der Waals surface area contributed by atoms with Crippen molar-refractivity contribution in [1.82, 2.24) is 0 Å². The van der Waals surface area contributed by atoms with E-state index in [-0.39, 0.29) is 17.7 Å². The minimum absolute atomic E-state index is 0.00518. The molecule has 4 atom stereocenters. The van der Waals surface area contributed by atoms with E-state index < -0.39 is 12.3 Å². The highest BCUT2D eigenvalue weighted by Gasteiger charge is 2.46. The Morgan fingerprint density at radius 3 is 1.37 bits per heavy atom. The highest BCUT2D eigenvalue weighted by atomic mass is 19.2. The lowest BCUT2D eigenvalue weighted by Gasteiger charge is -2.45. The van der Waals surface area contributed by atoms with Crippen LogP contribution in [0.3, 0.4) is 0 Å². The number of halogens is 2. The van der Waals surface area contributed by atoms with Gasteiger partial charge < -0.3 is 0 Å². The second-order valence-electron chi connectivity index (χ2n) is 10.5. The summed E-state index contributed by atoms with van der Waals surface area (Å²) < 4.78 is 30.2. The number of hydrogen-bond donors (Lipinski definition) is 0. The fourth-order valence-electron chi connectivity index (χ4n) is 7.39. The molecule has 0 aromatic heterocycles. The molecule has 0 heterocycles. The van der Waals surface area contributed by atoms with Crippen LogP contribution in [0.5, 0.6) is 0 Å². The Hall–Kier alpha value is -0.0751. The molecule has 152 valence electrons. The van der Waals surface area contributed by atoms with Gasteiger partial charge in [-0.2, -0.15) is 0 Å². The summed E-state index contributed by atoms with van der Waals surface area (Å²) in [5.41, 5.74) is 0. The Balaban J connectivity index is 1.28. The van der Waals surface area contributed by atoms with E-state index in [9.17, 15) is 0 Å². The minimum atomic E-state index is -1.22. The summed E-state index contributed by atoms with van der Waals surface area (Å²) in [6.07, 6.45) is 15.4. The molecule has 0 aliphatic heterocycles. The molecular weight excluding hydrogens is 337 g/mol. The molecule has 0 N–H and O–H groups in total. The van der Waals surface area contributed by atoms with Crippen molar-refractivity contribution < 1.29 is 8.78 Å². The van der Waals surface area contributed by atoms with Gasteiger partial charge >= 0.3 is 0 Å². The van der Waals surface area contributed by atoms with Crippen LogP contribution in [0.4, 0.5) is 8.78 Å². The van der Waals surface area contributed by atoms with Crippen LogP contribution in [0.2, 0.25) is 5.82 Å². The van der Waals surface area contributed by atoms with E-state index in [2.05, 4.69) is 0 Å². The molecule has 0 saturated heterocycles. The molecule has 0 spiro atoms. The van der Waals surface area contributed by atoms with Gasteiger partial charge in [0.25, 0.3) is 0 Å². The average Bonchev–Trinajstić information content (AvgIpc) is 2.72. The van der Waals surface area contributed by atoms with Crippen LogP contribution in [-0.4, -0.2) is 20.2 Å². The van der Waals surface area contributed by atoms with Gasteiger partial charge in [0.15, 0.2) is 0 Å². The molecule has 4 unspecified atom stereocenters. The SMILES string of the molecule is [B]C1CCC(C2CCC(C3CCC(C4CCCCC4)CC3)C(F)C2F)CC1. The van der Waals surface area contributed by atoms with E-state index in [0.29, 0.717) is 11.8 Å². The van der Waals surface area contributed by atoms with Crippen molar-refractivity contribution in [1.29, 1.82) is 0 Å². The molecule has 0 bridgehead atoms. The molecular formula is C24H39BF2. The van der Waals surface area contributed by atoms with Crippen molar-refractivity contribution in [2.45, 2.75) is 114 Å². The Bertz CT molecular complexity index is 447. The van der Waals surface area contributed by atoms with E-state index in [4.69, 9.17) is 7.85 Å². The number of alkyl halides is 2. The molecule has 4 aliphatic carbocycles.